The van der Waals surface area contributed by atoms with Gasteiger partial charge >= 0.3 is 5.97 Å². The molecular formula is C11H12BrFO2. The van der Waals surface area contributed by atoms with E-state index in [1.165, 1.54) is 12.1 Å². The molecule has 0 bridgehead atoms. The number of carbonyl (C=O) groups is 1. The Bertz CT molecular complexity index is 345. The molecule has 1 unspecified atom stereocenters. The molecule has 1 aromatic rings. The van der Waals surface area contributed by atoms with Crippen molar-refractivity contribution < 1.29 is 14.3 Å². The molecule has 0 spiro atoms. The summed E-state index contributed by atoms with van der Waals surface area (Å²) in [5, 5.41) is 8.69. The molecular weight excluding hydrogens is 263 g/mol. The number of hydrogen-bond acceptors (Lipinski definition) is 1. The Hall–Kier alpha value is -0.900. The lowest BCUT2D eigenvalue weighted by atomic mass is 10.0. The first-order valence-corrected chi connectivity index (χ1v) is 5.46. The van der Waals surface area contributed by atoms with Crippen molar-refractivity contribution >= 4 is 21.9 Å². The van der Waals surface area contributed by atoms with Crippen LogP contribution in [0, 0.1) is 11.7 Å². The second-order valence-electron chi connectivity index (χ2n) is 3.56. The lowest BCUT2D eigenvalue weighted by Crippen LogP contribution is -2.10. The summed E-state index contributed by atoms with van der Waals surface area (Å²) in [6, 6.07) is 4.61. The molecule has 2 nitrogen and oxygen atoms in total. The third kappa shape index (κ3) is 4.00. The third-order valence-electron chi connectivity index (χ3n) is 2.21. The average Bonchev–Trinajstić information content (AvgIpc) is 2.12. The fourth-order valence-electron chi connectivity index (χ4n) is 1.26. The van der Waals surface area contributed by atoms with Gasteiger partial charge in [0.15, 0.2) is 0 Å². The van der Waals surface area contributed by atoms with Gasteiger partial charge in [-0.1, -0.05) is 22.9 Å². The largest absolute Gasteiger partial charge is 0.481 e. The smallest absolute Gasteiger partial charge is 0.306 e. The summed E-state index contributed by atoms with van der Waals surface area (Å²) < 4.78 is 13.6. The zero-order valence-electron chi connectivity index (χ0n) is 8.34. The number of aliphatic carboxylic acids is 1. The van der Waals surface area contributed by atoms with Gasteiger partial charge in [0.05, 0.1) is 5.92 Å². The summed E-state index contributed by atoms with van der Waals surface area (Å²) in [5.41, 5.74) is 0.815. The molecule has 4 heteroatoms. The Balaban J connectivity index is 2.61. The molecule has 0 saturated carbocycles. The first-order chi connectivity index (χ1) is 6.99. The molecule has 0 aliphatic rings. The highest BCUT2D eigenvalue weighted by atomic mass is 79.9. The summed E-state index contributed by atoms with van der Waals surface area (Å²) in [5.74, 6) is -1.51. The molecule has 1 N–H and O–H groups in total. The van der Waals surface area contributed by atoms with Crippen LogP contribution < -0.4 is 0 Å². The Labute approximate surface area is 96.2 Å². The summed E-state index contributed by atoms with van der Waals surface area (Å²) in [6.07, 6.45) is 1.09. The number of benzene rings is 1. The van der Waals surface area contributed by atoms with Crippen LogP contribution in [0.3, 0.4) is 0 Å². The molecule has 1 rings (SSSR count). The van der Waals surface area contributed by atoms with Crippen LogP contribution in [0.15, 0.2) is 22.7 Å². The zero-order chi connectivity index (χ0) is 11.4. The van der Waals surface area contributed by atoms with E-state index in [1.807, 2.05) is 0 Å². The van der Waals surface area contributed by atoms with Gasteiger partial charge < -0.3 is 5.11 Å². The fraction of sp³-hybridized carbons (Fsp3) is 0.364. The van der Waals surface area contributed by atoms with Gasteiger partial charge in [0.2, 0.25) is 0 Å². The summed E-state index contributed by atoms with van der Waals surface area (Å²) >= 11 is 3.19. The molecule has 0 heterocycles. The van der Waals surface area contributed by atoms with Crippen molar-refractivity contribution in [2.75, 3.05) is 0 Å². The second-order valence-corrected chi connectivity index (χ2v) is 4.47. The number of carboxylic acid groups (broad SMARTS) is 1. The quantitative estimate of drug-likeness (QED) is 0.915. The summed E-state index contributed by atoms with van der Waals surface area (Å²) in [6.45, 7) is 1.65. The van der Waals surface area contributed by atoms with Gasteiger partial charge in [-0.3, -0.25) is 4.79 Å². The van der Waals surface area contributed by atoms with Crippen molar-refractivity contribution in [3.8, 4) is 0 Å². The molecule has 0 saturated heterocycles. The maximum Gasteiger partial charge on any atom is 0.306 e. The van der Waals surface area contributed by atoms with E-state index in [1.54, 1.807) is 13.0 Å². The fourth-order valence-corrected chi connectivity index (χ4v) is 1.77. The molecule has 1 aromatic carbocycles. The monoisotopic (exact) mass is 274 g/mol. The number of rotatable bonds is 4. The maximum absolute atomic E-state index is 13.0. The van der Waals surface area contributed by atoms with Crippen LogP contribution >= 0.6 is 15.9 Å². The van der Waals surface area contributed by atoms with Crippen molar-refractivity contribution in [3.63, 3.8) is 0 Å². The lowest BCUT2D eigenvalue weighted by Gasteiger charge is -2.06. The predicted molar refractivity (Wildman–Crippen MR) is 59.2 cm³/mol. The molecule has 82 valence electrons. The van der Waals surface area contributed by atoms with Crippen molar-refractivity contribution in [1.29, 1.82) is 0 Å². The minimum atomic E-state index is -0.814. The van der Waals surface area contributed by atoms with Gasteiger partial charge in [0.1, 0.15) is 5.82 Å². The van der Waals surface area contributed by atoms with Gasteiger partial charge in [-0.15, -0.1) is 0 Å². The van der Waals surface area contributed by atoms with Gasteiger partial charge in [-0.05, 0) is 36.6 Å². The highest BCUT2D eigenvalue weighted by molar-refractivity contribution is 9.10. The van der Waals surface area contributed by atoms with Crippen molar-refractivity contribution in [1.82, 2.24) is 0 Å². The predicted octanol–water partition coefficient (Wildman–Crippen LogP) is 3.24. The minimum Gasteiger partial charge on any atom is -0.481 e. The lowest BCUT2D eigenvalue weighted by molar-refractivity contribution is -0.141. The molecule has 0 radical (unpaired) electrons. The van der Waals surface area contributed by atoms with Crippen LogP contribution in [-0.4, -0.2) is 11.1 Å². The average molecular weight is 275 g/mol. The van der Waals surface area contributed by atoms with Gasteiger partial charge in [-0.25, -0.2) is 4.39 Å². The van der Waals surface area contributed by atoms with E-state index in [2.05, 4.69) is 15.9 Å². The molecule has 15 heavy (non-hydrogen) atoms. The van der Waals surface area contributed by atoms with E-state index in [9.17, 15) is 9.18 Å². The molecule has 0 fully saturated rings. The Morgan fingerprint density at radius 2 is 2.20 bits per heavy atom. The number of halogens is 2. The van der Waals surface area contributed by atoms with E-state index >= 15 is 0 Å². The standard InChI is InChI=1S/C11H12BrFO2/c1-7(11(14)15)2-3-8-4-9(12)6-10(13)5-8/h4-7H,2-3H2,1H3,(H,14,15). The molecule has 0 aromatic heterocycles. The van der Waals surface area contributed by atoms with Crippen LogP contribution in [0.4, 0.5) is 4.39 Å². The van der Waals surface area contributed by atoms with E-state index in [4.69, 9.17) is 5.11 Å². The Morgan fingerprint density at radius 1 is 1.53 bits per heavy atom. The Morgan fingerprint density at radius 3 is 2.73 bits per heavy atom. The molecule has 0 amide bonds. The van der Waals surface area contributed by atoms with Crippen LogP contribution in [0.1, 0.15) is 18.9 Å². The van der Waals surface area contributed by atoms with Gasteiger partial charge in [0, 0.05) is 4.47 Å². The molecule has 1 atom stereocenters. The topological polar surface area (TPSA) is 37.3 Å². The van der Waals surface area contributed by atoms with E-state index in [0.717, 1.165) is 5.56 Å². The van der Waals surface area contributed by atoms with Crippen molar-refractivity contribution in [2.24, 2.45) is 5.92 Å². The highest BCUT2D eigenvalue weighted by Gasteiger charge is 2.10. The highest BCUT2D eigenvalue weighted by Crippen LogP contribution is 2.17. The third-order valence-corrected chi connectivity index (χ3v) is 2.67. The number of hydrogen-bond donors (Lipinski definition) is 1. The summed E-state index contributed by atoms with van der Waals surface area (Å²) in [4.78, 5) is 10.6. The zero-order valence-corrected chi connectivity index (χ0v) is 9.92. The van der Waals surface area contributed by atoms with E-state index in [-0.39, 0.29) is 5.82 Å². The van der Waals surface area contributed by atoms with Gasteiger partial charge in [0.25, 0.3) is 0 Å². The van der Waals surface area contributed by atoms with Crippen molar-refractivity contribution in [2.45, 2.75) is 19.8 Å². The van der Waals surface area contributed by atoms with Crippen molar-refractivity contribution in [3.05, 3.63) is 34.1 Å². The maximum atomic E-state index is 13.0. The van der Waals surface area contributed by atoms with E-state index < -0.39 is 11.9 Å². The first kappa shape index (κ1) is 12.2. The number of aryl methyl sites for hydroxylation is 1. The molecule has 0 aliphatic heterocycles. The Kier molecular flexibility index (Phi) is 4.27. The number of carboxylic acids is 1. The van der Waals surface area contributed by atoms with Gasteiger partial charge in [-0.2, -0.15) is 0 Å². The van der Waals surface area contributed by atoms with Crippen LogP contribution in [0.2, 0.25) is 0 Å². The second kappa shape index (κ2) is 5.26. The van der Waals surface area contributed by atoms with E-state index in [0.29, 0.717) is 17.3 Å². The minimum absolute atomic E-state index is 0.303. The summed E-state index contributed by atoms with van der Waals surface area (Å²) in [7, 11) is 0. The van der Waals surface area contributed by atoms with Crippen LogP contribution in [0.25, 0.3) is 0 Å². The van der Waals surface area contributed by atoms with Crippen LogP contribution in [-0.2, 0) is 11.2 Å². The molecule has 0 aliphatic carbocycles. The first-order valence-electron chi connectivity index (χ1n) is 4.67. The SMILES string of the molecule is CC(CCc1cc(F)cc(Br)c1)C(=O)O. The van der Waals surface area contributed by atoms with Crippen LogP contribution in [0.5, 0.6) is 0 Å². The normalized spacial score (nSPS) is 12.5.